The summed E-state index contributed by atoms with van der Waals surface area (Å²) in [6.07, 6.45) is 5.91. The van der Waals surface area contributed by atoms with Crippen molar-refractivity contribution in [3.8, 4) is 11.5 Å². The van der Waals surface area contributed by atoms with Crippen LogP contribution in [0, 0.1) is 0 Å². The fourth-order valence-corrected chi connectivity index (χ4v) is 4.42. The predicted octanol–water partition coefficient (Wildman–Crippen LogP) is 4.82. The van der Waals surface area contributed by atoms with E-state index in [0.29, 0.717) is 0 Å². The third kappa shape index (κ3) is 1.63. The lowest BCUT2D eigenvalue weighted by Crippen LogP contribution is -2.59. The number of para-hydroxylation sites is 2. The van der Waals surface area contributed by atoms with Crippen molar-refractivity contribution in [1.29, 1.82) is 0 Å². The maximum Gasteiger partial charge on any atom is 0.154 e. The molecule has 1 spiro atoms. The molecule has 0 aromatic heterocycles. The highest BCUT2D eigenvalue weighted by Crippen LogP contribution is 2.64. The van der Waals surface area contributed by atoms with Crippen molar-refractivity contribution in [3.05, 3.63) is 47.5 Å². The molecule has 0 saturated carbocycles. The van der Waals surface area contributed by atoms with Crippen LogP contribution in [0.25, 0.3) is 0 Å². The molecule has 2 aromatic carbocycles. The molecule has 2 aromatic rings. The maximum atomic E-state index is 6.35. The van der Waals surface area contributed by atoms with E-state index in [0.717, 1.165) is 24.5 Å². The van der Waals surface area contributed by atoms with Gasteiger partial charge in [-0.25, -0.2) is 0 Å². The predicted molar refractivity (Wildman–Crippen MR) is 92.6 cm³/mol. The van der Waals surface area contributed by atoms with E-state index >= 15 is 0 Å². The van der Waals surface area contributed by atoms with E-state index in [2.05, 4.69) is 53.5 Å². The minimum atomic E-state index is -0.00669. The average Bonchev–Trinajstić information content (AvgIpc) is 3.09. The molecule has 1 saturated heterocycles. The zero-order valence-corrected chi connectivity index (χ0v) is 13.6. The van der Waals surface area contributed by atoms with E-state index in [9.17, 15) is 0 Å². The summed E-state index contributed by atoms with van der Waals surface area (Å²) in [5.41, 5.74) is 5.26. The molecule has 5 rings (SSSR count). The van der Waals surface area contributed by atoms with Gasteiger partial charge in [0.1, 0.15) is 5.66 Å². The molecule has 1 atom stereocenters. The van der Waals surface area contributed by atoms with E-state index in [-0.39, 0.29) is 5.66 Å². The maximum absolute atomic E-state index is 6.35. The Balaban J connectivity index is 1.70. The van der Waals surface area contributed by atoms with E-state index in [1.165, 1.54) is 48.2 Å². The van der Waals surface area contributed by atoms with Crippen molar-refractivity contribution in [2.45, 2.75) is 44.7 Å². The van der Waals surface area contributed by atoms with Gasteiger partial charge in [-0.2, -0.15) is 0 Å². The molecule has 0 bridgehead atoms. The Labute approximate surface area is 137 Å². The molecule has 3 heterocycles. The molecule has 1 fully saturated rings. The number of benzene rings is 2. The topological polar surface area (TPSA) is 24.5 Å². The zero-order chi connectivity index (χ0) is 15.4. The first kappa shape index (κ1) is 13.4. The van der Waals surface area contributed by atoms with Crippen molar-refractivity contribution >= 4 is 11.4 Å². The van der Waals surface area contributed by atoms with Crippen molar-refractivity contribution < 1.29 is 4.74 Å². The lowest BCUT2D eigenvalue weighted by Gasteiger charge is -2.56. The molecular formula is C20H22N2O. The third-order valence-corrected chi connectivity index (χ3v) is 5.51. The Hall–Kier alpha value is -2.00. The number of unbranched alkanes of at least 4 members (excludes halogenated alkanes) is 1. The molecule has 0 amide bonds. The SMILES string of the molecule is CCCCc1ccc2c3c1Oc1ccccc1N3C21CCCN1. The summed E-state index contributed by atoms with van der Waals surface area (Å²) >= 11 is 0. The van der Waals surface area contributed by atoms with E-state index in [4.69, 9.17) is 4.74 Å². The van der Waals surface area contributed by atoms with Gasteiger partial charge in [0.15, 0.2) is 11.5 Å². The standard InChI is InChI=1S/C20H22N2O/c1-2-3-7-14-10-11-15-18-19(14)23-17-9-5-4-8-16(17)22(18)20(15)12-6-13-21-20/h4-5,8-11,21H,2-3,6-7,12-13H2,1H3. The first-order valence-electron chi connectivity index (χ1n) is 8.83. The van der Waals surface area contributed by atoms with Crippen LogP contribution < -0.4 is 15.0 Å². The van der Waals surface area contributed by atoms with Crippen LogP contribution in [0.4, 0.5) is 11.4 Å². The molecule has 1 N–H and O–H groups in total. The van der Waals surface area contributed by atoms with Gasteiger partial charge in [0, 0.05) is 5.56 Å². The summed E-state index contributed by atoms with van der Waals surface area (Å²) in [6.45, 7) is 3.33. The molecule has 0 radical (unpaired) electrons. The quantitative estimate of drug-likeness (QED) is 0.879. The number of rotatable bonds is 3. The van der Waals surface area contributed by atoms with Gasteiger partial charge in [-0.3, -0.25) is 5.32 Å². The fraction of sp³-hybridized carbons (Fsp3) is 0.400. The molecule has 3 heteroatoms. The summed E-state index contributed by atoms with van der Waals surface area (Å²) in [6, 6.07) is 13.1. The van der Waals surface area contributed by atoms with Crippen molar-refractivity contribution in [1.82, 2.24) is 5.32 Å². The number of aryl methyl sites for hydroxylation is 1. The highest BCUT2D eigenvalue weighted by Gasteiger charge is 2.55. The second-order valence-corrected chi connectivity index (χ2v) is 6.85. The number of hydrogen-bond acceptors (Lipinski definition) is 3. The third-order valence-electron chi connectivity index (χ3n) is 5.51. The van der Waals surface area contributed by atoms with Gasteiger partial charge in [-0.05, 0) is 49.9 Å². The van der Waals surface area contributed by atoms with Crippen LogP contribution in [0.5, 0.6) is 11.5 Å². The minimum Gasteiger partial charge on any atom is -0.453 e. The van der Waals surface area contributed by atoms with Crippen LogP contribution in [0.15, 0.2) is 36.4 Å². The molecule has 118 valence electrons. The summed E-state index contributed by atoms with van der Waals surface area (Å²) in [5.74, 6) is 2.08. The van der Waals surface area contributed by atoms with Gasteiger partial charge < -0.3 is 9.64 Å². The monoisotopic (exact) mass is 306 g/mol. The molecular weight excluding hydrogens is 284 g/mol. The first-order valence-corrected chi connectivity index (χ1v) is 8.83. The van der Waals surface area contributed by atoms with E-state index in [1.54, 1.807) is 0 Å². The average molecular weight is 306 g/mol. The Morgan fingerprint density at radius 3 is 2.96 bits per heavy atom. The zero-order valence-electron chi connectivity index (χ0n) is 13.6. The second-order valence-electron chi connectivity index (χ2n) is 6.85. The van der Waals surface area contributed by atoms with Gasteiger partial charge in [0.05, 0.1) is 11.4 Å². The molecule has 1 unspecified atom stereocenters. The number of ether oxygens (including phenoxy) is 1. The summed E-state index contributed by atoms with van der Waals surface area (Å²) < 4.78 is 6.35. The van der Waals surface area contributed by atoms with Gasteiger partial charge in [-0.15, -0.1) is 0 Å². The molecule has 23 heavy (non-hydrogen) atoms. The molecule has 3 aliphatic heterocycles. The number of nitrogens with zero attached hydrogens (tertiary/aromatic N) is 1. The molecule has 3 aliphatic rings. The van der Waals surface area contributed by atoms with Crippen LogP contribution in [-0.4, -0.2) is 6.54 Å². The lowest BCUT2D eigenvalue weighted by atomic mass is 9.81. The first-order chi connectivity index (χ1) is 11.3. The lowest BCUT2D eigenvalue weighted by molar-refractivity contribution is 0.333. The largest absolute Gasteiger partial charge is 0.453 e. The number of hydrogen-bond donors (Lipinski definition) is 1. The van der Waals surface area contributed by atoms with Gasteiger partial charge in [-0.1, -0.05) is 37.6 Å². The fourth-order valence-electron chi connectivity index (χ4n) is 4.42. The Kier molecular flexibility index (Phi) is 2.77. The summed E-state index contributed by atoms with van der Waals surface area (Å²) in [7, 11) is 0. The normalized spacial score (nSPS) is 23.3. The number of anilines is 2. The van der Waals surface area contributed by atoms with Crippen molar-refractivity contribution in [3.63, 3.8) is 0 Å². The summed E-state index contributed by atoms with van der Waals surface area (Å²) in [5, 5.41) is 3.76. The van der Waals surface area contributed by atoms with Crippen LogP contribution >= 0.6 is 0 Å². The Morgan fingerprint density at radius 1 is 1.22 bits per heavy atom. The minimum absolute atomic E-state index is 0.00669. The highest BCUT2D eigenvalue weighted by atomic mass is 16.5. The van der Waals surface area contributed by atoms with Crippen LogP contribution in [-0.2, 0) is 12.1 Å². The number of nitrogens with one attached hydrogen (secondary N) is 1. The second kappa shape index (κ2) is 4.75. The van der Waals surface area contributed by atoms with E-state index in [1.807, 2.05) is 0 Å². The smallest absolute Gasteiger partial charge is 0.154 e. The van der Waals surface area contributed by atoms with E-state index < -0.39 is 0 Å². The van der Waals surface area contributed by atoms with Crippen molar-refractivity contribution in [2.24, 2.45) is 0 Å². The summed E-state index contributed by atoms with van der Waals surface area (Å²) in [4.78, 5) is 2.50. The van der Waals surface area contributed by atoms with Crippen molar-refractivity contribution in [2.75, 3.05) is 11.4 Å². The number of fused-ring (bicyclic) bond motifs is 4. The Morgan fingerprint density at radius 2 is 2.13 bits per heavy atom. The molecule has 3 nitrogen and oxygen atoms in total. The van der Waals surface area contributed by atoms with Gasteiger partial charge >= 0.3 is 0 Å². The molecule has 0 aliphatic carbocycles. The van der Waals surface area contributed by atoms with Crippen LogP contribution in [0.2, 0.25) is 0 Å². The van der Waals surface area contributed by atoms with Crippen LogP contribution in [0.1, 0.15) is 43.7 Å². The van der Waals surface area contributed by atoms with Gasteiger partial charge in [0.25, 0.3) is 0 Å². The highest BCUT2D eigenvalue weighted by molar-refractivity contribution is 5.90. The van der Waals surface area contributed by atoms with Crippen LogP contribution in [0.3, 0.4) is 0 Å². The Bertz CT molecular complexity index is 777. The van der Waals surface area contributed by atoms with Gasteiger partial charge in [0.2, 0.25) is 0 Å².